The first-order chi connectivity index (χ1) is 7.37. The van der Waals surface area contributed by atoms with Gasteiger partial charge < -0.3 is 15.0 Å². The maximum absolute atomic E-state index is 11.6. The van der Waals surface area contributed by atoms with Crippen LogP contribution in [0.5, 0.6) is 0 Å². The molecule has 0 saturated carbocycles. The molecule has 0 aromatic heterocycles. The van der Waals surface area contributed by atoms with Gasteiger partial charge in [-0.2, -0.15) is 0 Å². The lowest BCUT2D eigenvalue weighted by atomic mass is 10.1. The average Bonchev–Trinajstić information content (AvgIpc) is 2.14. The molecule has 16 heavy (non-hydrogen) atoms. The Hall–Kier alpha value is -0.610. The van der Waals surface area contributed by atoms with Gasteiger partial charge in [0.25, 0.3) is 0 Å². The number of hydrogen-bond acceptors (Lipinski definition) is 3. The number of amides is 1. The Balaban J connectivity index is 2.23. The van der Waals surface area contributed by atoms with E-state index in [0.717, 1.165) is 25.9 Å². The second kappa shape index (κ2) is 5.64. The number of likely N-dealkylation sites (N-methyl/N-ethyl adjacent to an activating group) is 1. The van der Waals surface area contributed by atoms with Gasteiger partial charge in [0, 0.05) is 12.6 Å². The monoisotopic (exact) mass is 228 g/mol. The minimum atomic E-state index is -0.249. The first-order valence-corrected chi connectivity index (χ1v) is 5.99. The normalized spacial score (nSPS) is 23.1. The Morgan fingerprint density at radius 3 is 2.75 bits per heavy atom. The smallest absolute Gasteiger partial charge is 0.246 e. The Morgan fingerprint density at radius 2 is 2.19 bits per heavy atom. The molecule has 0 radical (unpaired) electrons. The van der Waals surface area contributed by atoms with Gasteiger partial charge in [-0.3, -0.25) is 4.79 Å². The summed E-state index contributed by atoms with van der Waals surface area (Å²) in [6.45, 7) is 8.09. The summed E-state index contributed by atoms with van der Waals surface area (Å²) in [6.07, 6.45) is 2.23. The number of carbonyl (C=O) groups excluding carboxylic acids is 1. The van der Waals surface area contributed by atoms with Gasteiger partial charge in [0.15, 0.2) is 0 Å². The van der Waals surface area contributed by atoms with Crippen LogP contribution < -0.4 is 5.32 Å². The largest absolute Gasteiger partial charge is 0.366 e. The Kier molecular flexibility index (Phi) is 4.74. The zero-order valence-electron chi connectivity index (χ0n) is 10.9. The molecule has 4 nitrogen and oxygen atoms in total. The number of ether oxygens (including phenoxy) is 1. The summed E-state index contributed by atoms with van der Waals surface area (Å²) in [4.78, 5) is 13.9. The zero-order valence-corrected chi connectivity index (χ0v) is 10.9. The van der Waals surface area contributed by atoms with E-state index in [1.54, 1.807) is 0 Å². The molecule has 1 unspecified atom stereocenters. The summed E-state index contributed by atoms with van der Waals surface area (Å²) in [5, 5.41) is 3.02. The van der Waals surface area contributed by atoms with Crippen molar-refractivity contribution in [2.75, 3.05) is 26.7 Å². The van der Waals surface area contributed by atoms with Crippen molar-refractivity contribution in [3.8, 4) is 0 Å². The summed E-state index contributed by atoms with van der Waals surface area (Å²) in [5.74, 6) is -0.00442. The summed E-state index contributed by atoms with van der Waals surface area (Å²) < 4.78 is 5.43. The molecular formula is C12H24N2O2. The van der Waals surface area contributed by atoms with Crippen LogP contribution in [0.4, 0.5) is 0 Å². The number of nitrogens with zero attached hydrogens (tertiary/aromatic N) is 1. The van der Waals surface area contributed by atoms with Crippen molar-refractivity contribution >= 4 is 5.91 Å². The molecule has 0 bridgehead atoms. The Labute approximate surface area is 98.3 Å². The molecule has 1 atom stereocenters. The van der Waals surface area contributed by atoms with E-state index in [4.69, 9.17) is 4.74 Å². The summed E-state index contributed by atoms with van der Waals surface area (Å²) in [5.41, 5.74) is -0.249. The maximum atomic E-state index is 11.6. The zero-order chi connectivity index (χ0) is 12.2. The van der Waals surface area contributed by atoms with Gasteiger partial charge in [-0.25, -0.2) is 0 Å². The number of likely N-dealkylation sites (tertiary alicyclic amines) is 1. The van der Waals surface area contributed by atoms with Gasteiger partial charge in [-0.15, -0.1) is 0 Å². The highest BCUT2D eigenvalue weighted by molar-refractivity contribution is 5.77. The van der Waals surface area contributed by atoms with Gasteiger partial charge in [-0.05, 0) is 47.2 Å². The number of rotatable bonds is 3. The Morgan fingerprint density at radius 1 is 1.50 bits per heavy atom. The molecule has 1 amide bonds. The first-order valence-electron chi connectivity index (χ1n) is 5.99. The molecule has 1 aliphatic rings. The lowest BCUT2D eigenvalue weighted by Crippen LogP contribution is -2.47. The van der Waals surface area contributed by atoms with Crippen molar-refractivity contribution in [3.05, 3.63) is 0 Å². The number of piperidine rings is 1. The highest BCUT2D eigenvalue weighted by atomic mass is 16.5. The third-order valence-electron chi connectivity index (χ3n) is 2.63. The standard InChI is InChI=1S/C12H24N2O2/c1-12(2,3)16-9-11(15)13-10-6-5-7-14(4)8-10/h10H,5-9H2,1-4H3,(H,13,15). The average molecular weight is 228 g/mol. The van der Waals surface area contributed by atoms with Gasteiger partial charge in [0.05, 0.1) is 5.60 Å². The first kappa shape index (κ1) is 13.5. The molecule has 0 aromatic carbocycles. The van der Waals surface area contributed by atoms with Crippen LogP contribution in [0.1, 0.15) is 33.6 Å². The third-order valence-corrected chi connectivity index (χ3v) is 2.63. The molecule has 1 aliphatic heterocycles. The molecule has 1 rings (SSSR count). The van der Waals surface area contributed by atoms with Crippen molar-refractivity contribution in [3.63, 3.8) is 0 Å². The summed E-state index contributed by atoms with van der Waals surface area (Å²) >= 11 is 0. The quantitative estimate of drug-likeness (QED) is 0.784. The minimum absolute atomic E-state index is 0.00442. The predicted molar refractivity (Wildman–Crippen MR) is 64.4 cm³/mol. The molecule has 4 heteroatoms. The van der Waals surface area contributed by atoms with E-state index in [-0.39, 0.29) is 24.2 Å². The van der Waals surface area contributed by atoms with Gasteiger partial charge >= 0.3 is 0 Å². The molecule has 0 aromatic rings. The fourth-order valence-electron chi connectivity index (χ4n) is 1.84. The van der Waals surface area contributed by atoms with E-state index in [2.05, 4.69) is 17.3 Å². The van der Waals surface area contributed by atoms with Crippen molar-refractivity contribution in [2.24, 2.45) is 0 Å². The maximum Gasteiger partial charge on any atom is 0.246 e. The second-order valence-corrected chi connectivity index (χ2v) is 5.57. The molecule has 1 heterocycles. The van der Waals surface area contributed by atoms with Crippen LogP contribution in [0.25, 0.3) is 0 Å². The second-order valence-electron chi connectivity index (χ2n) is 5.57. The Bertz CT molecular complexity index is 236. The third kappa shape index (κ3) is 5.47. The van der Waals surface area contributed by atoms with E-state index in [1.165, 1.54) is 0 Å². The summed E-state index contributed by atoms with van der Waals surface area (Å²) in [6, 6.07) is 0.287. The highest BCUT2D eigenvalue weighted by Gasteiger charge is 2.20. The van der Waals surface area contributed by atoms with Crippen LogP contribution in [-0.4, -0.2) is 49.2 Å². The number of nitrogens with one attached hydrogen (secondary N) is 1. The van der Waals surface area contributed by atoms with E-state index in [9.17, 15) is 4.79 Å². The summed E-state index contributed by atoms with van der Waals surface area (Å²) in [7, 11) is 2.09. The fraction of sp³-hybridized carbons (Fsp3) is 0.917. The van der Waals surface area contributed by atoms with Crippen LogP contribution in [0.2, 0.25) is 0 Å². The van der Waals surface area contributed by atoms with E-state index in [1.807, 2.05) is 20.8 Å². The molecule has 1 saturated heterocycles. The molecule has 1 fully saturated rings. The van der Waals surface area contributed by atoms with E-state index >= 15 is 0 Å². The van der Waals surface area contributed by atoms with Crippen molar-refractivity contribution in [1.29, 1.82) is 0 Å². The van der Waals surface area contributed by atoms with Crippen molar-refractivity contribution in [1.82, 2.24) is 10.2 Å². The molecule has 94 valence electrons. The van der Waals surface area contributed by atoms with Crippen LogP contribution in [-0.2, 0) is 9.53 Å². The van der Waals surface area contributed by atoms with Crippen LogP contribution >= 0.6 is 0 Å². The van der Waals surface area contributed by atoms with E-state index < -0.39 is 0 Å². The van der Waals surface area contributed by atoms with Crippen LogP contribution in [0.15, 0.2) is 0 Å². The van der Waals surface area contributed by atoms with Gasteiger partial charge in [0.1, 0.15) is 6.61 Å². The molecular weight excluding hydrogens is 204 g/mol. The minimum Gasteiger partial charge on any atom is -0.366 e. The van der Waals surface area contributed by atoms with E-state index in [0.29, 0.717) is 0 Å². The highest BCUT2D eigenvalue weighted by Crippen LogP contribution is 2.09. The van der Waals surface area contributed by atoms with Gasteiger partial charge in [-0.1, -0.05) is 0 Å². The van der Waals surface area contributed by atoms with Crippen LogP contribution in [0.3, 0.4) is 0 Å². The molecule has 0 spiro atoms. The van der Waals surface area contributed by atoms with Crippen molar-refractivity contribution < 1.29 is 9.53 Å². The van der Waals surface area contributed by atoms with Gasteiger partial charge in [0.2, 0.25) is 5.91 Å². The fourth-order valence-corrected chi connectivity index (χ4v) is 1.84. The van der Waals surface area contributed by atoms with Crippen LogP contribution in [0, 0.1) is 0 Å². The molecule has 1 N–H and O–H groups in total. The lowest BCUT2D eigenvalue weighted by Gasteiger charge is -2.30. The lowest BCUT2D eigenvalue weighted by molar-refractivity contribution is -0.131. The predicted octanol–water partition coefficient (Wildman–Crippen LogP) is 1.01. The topological polar surface area (TPSA) is 41.6 Å². The SMILES string of the molecule is CN1CCCC(NC(=O)COC(C)(C)C)C1. The molecule has 0 aliphatic carbocycles. The number of hydrogen-bond donors (Lipinski definition) is 1. The number of carbonyl (C=O) groups is 1. The van der Waals surface area contributed by atoms with Crippen molar-refractivity contribution in [2.45, 2.75) is 45.3 Å².